The first-order valence-corrected chi connectivity index (χ1v) is 13.9. The van der Waals surface area contributed by atoms with Gasteiger partial charge in [0.1, 0.15) is 19.5 Å². The SMILES string of the molecule is C=C(CN(N=NC)/N=C/N1CCCCC1)[C@H](CC(C)C)NC(=O)CNC(=O)OCc1ccccc1.CC(C)C. The maximum absolute atomic E-state index is 12.5. The summed E-state index contributed by atoms with van der Waals surface area (Å²) in [6.07, 6.45) is 5.40. The number of nitrogens with one attached hydrogen (secondary N) is 2. The number of amides is 2. The van der Waals surface area contributed by atoms with E-state index in [0.29, 0.717) is 18.9 Å². The summed E-state index contributed by atoms with van der Waals surface area (Å²) in [6, 6.07) is 9.05. The van der Waals surface area contributed by atoms with Gasteiger partial charge in [-0.2, -0.15) is 10.2 Å². The predicted octanol–water partition coefficient (Wildman–Crippen LogP) is 5.39. The summed E-state index contributed by atoms with van der Waals surface area (Å²) in [5.41, 5.74) is 1.62. The van der Waals surface area contributed by atoms with E-state index in [4.69, 9.17) is 4.74 Å². The molecule has 2 rings (SSSR count). The average molecular weight is 544 g/mol. The Morgan fingerprint density at radius 1 is 1.10 bits per heavy atom. The first kappa shape index (κ1) is 33.6. The second kappa shape index (κ2) is 19.6. The summed E-state index contributed by atoms with van der Waals surface area (Å²) in [4.78, 5) is 26.7. The number of piperidine rings is 1. The minimum atomic E-state index is -0.648. The van der Waals surface area contributed by atoms with E-state index in [2.05, 4.69) is 72.2 Å². The van der Waals surface area contributed by atoms with Crippen molar-refractivity contribution in [3.8, 4) is 0 Å². The molecule has 1 saturated heterocycles. The lowest BCUT2D eigenvalue weighted by Gasteiger charge is -2.26. The van der Waals surface area contributed by atoms with E-state index in [0.717, 1.165) is 43.0 Å². The number of carbonyl (C=O) groups is 2. The van der Waals surface area contributed by atoms with E-state index < -0.39 is 6.09 Å². The largest absolute Gasteiger partial charge is 0.445 e. The van der Waals surface area contributed by atoms with Crippen molar-refractivity contribution in [1.29, 1.82) is 0 Å². The Balaban J connectivity index is 0.00000177. The quantitative estimate of drug-likeness (QED) is 0.114. The van der Waals surface area contributed by atoms with Gasteiger partial charge in [-0.3, -0.25) is 4.79 Å². The zero-order valence-corrected chi connectivity index (χ0v) is 24.7. The van der Waals surface area contributed by atoms with E-state index in [-0.39, 0.29) is 25.1 Å². The van der Waals surface area contributed by atoms with Crippen molar-refractivity contribution in [2.24, 2.45) is 27.3 Å². The van der Waals surface area contributed by atoms with E-state index in [9.17, 15) is 9.59 Å². The molecule has 1 aromatic carbocycles. The summed E-state index contributed by atoms with van der Waals surface area (Å²) in [5, 5.41) is 19.3. The van der Waals surface area contributed by atoms with Crippen LogP contribution in [-0.4, -0.2) is 67.6 Å². The molecule has 0 bridgehead atoms. The fourth-order valence-corrected chi connectivity index (χ4v) is 3.63. The molecule has 0 saturated carbocycles. The fraction of sp³-hybridized carbons (Fsp3) is 0.621. The van der Waals surface area contributed by atoms with Gasteiger partial charge in [-0.15, -0.1) is 5.10 Å². The van der Waals surface area contributed by atoms with Gasteiger partial charge in [0, 0.05) is 13.1 Å². The van der Waals surface area contributed by atoms with Gasteiger partial charge in [-0.25, -0.2) is 4.79 Å². The van der Waals surface area contributed by atoms with E-state index >= 15 is 0 Å². The van der Waals surface area contributed by atoms with Crippen molar-refractivity contribution in [1.82, 2.24) is 20.7 Å². The van der Waals surface area contributed by atoms with Crippen LogP contribution in [0, 0.1) is 11.8 Å². The Kier molecular flexibility index (Phi) is 16.9. The third kappa shape index (κ3) is 16.9. The zero-order chi connectivity index (χ0) is 29.0. The number of alkyl carbamates (subject to hydrolysis) is 1. The smallest absolute Gasteiger partial charge is 0.407 e. The van der Waals surface area contributed by atoms with Crippen molar-refractivity contribution >= 4 is 18.3 Å². The molecule has 0 unspecified atom stereocenters. The highest BCUT2D eigenvalue weighted by Crippen LogP contribution is 2.14. The van der Waals surface area contributed by atoms with Gasteiger partial charge in [0.05, 0.1) is 19.6 Å². The topological polar surface area (TPSA) is 111 Å². The van der Waals surface area contributed by atoms with Gasteiger partial charge >= 0.3 is 6.09 Å². The molecule has 1 atom stereocenters. The molecule has 0 spiro atoms. The average Bonchev–Trinajstić information content (AvgIpc) is 2.89. The molecule has 0 aliphatic carbocycles. The molecule has 39 heavy (non-hydrogen) atoms. The second-order valence-corrected chi connectivity index (χ2v) is 10.7. The number of likely N-dealkylation sites (tertiary alicyclic amines) is 1. The minimum Gasteiger partial charge on any atom is -0.445 e. The van der Waals surface area contributed by atoms with Crippen LogP contribution in [0.2, 0.25) is 0 Å². The summed E-state index contributed by atoms with van der Waals surface area (Å²) in [7, 11) is 1.59. The molecule has 0 aromatic heterocycles. The van der Waals surface area contributed by atoms with Crippen LogP contribution in [0.4, 0.5) is 4.79 Å². The van der Waals surface area contributed by atoms with Crippen LogP contribution in [0.1, 0.15) is 65.9 Å². The van der Waals surface area contributed by atoms with E-state index in [1.807, 2.05) is 30.3 Å². The molecule has 10 nitrogen and oxygen atoms in total. The van der Waals surface area contributed by atoms with Crippen LogP contribution in [0.3, 0.4) is 0 Å². The van der Waals surface area contributed by atoms with Crippen LogP contribution in [-0.2, 0) is 16.1 Å². The van der Waals surface area contributed by atoms with E-state index in [1.54, 1.807) is 13.4 Å². The third-order valence-electron chi connectivity index (χ3n) is 5.42. The normalized spacial score (nSPS) is 14.2. The maximum atomic E-state index is 12.5. The molecule has 1 fully saturated rings. The summed E-state index contributed by atoms with van der Waals surface area (Å²) in [5.74, 6) is 0.827. The Labute approximate surface area is 234 Å². The number of benzene rings is 1. The van der Waals surface area contributed by atoms with Crippen molar-refractivity contribution in [3.63, 3.8) is 0 Å². The van der Waals surface area contributed by atoms with Gasteiger partial charge in [-0.05, 0) is 48.7 Å². The molecule has 1 aliphatic rings. The molecule has 2 N–H and O–H groups in total. The molecule has 218 valence electrons. The number of rotatable bonds is 13. The number of hydrogen-bond acceptors (Lipinski definition) is 6. The number of nitrogens with zero attached hydrogens (tertiary/aromatic N) is 5. The second-order valence-electron chi connectivity index (χ2n) is 10.7. The van der Waals surface area contributed by atoms with Crippen molar-refractivity contribution in [2.75, 3.05) is 33.2 Å². The lowest BCUT2D eigenvalue weighted by Crippen LogP contribution is -2.44. The third-order valence-corrected chi connectivity index (χ3v) is 5.42. The zero-order valence-electron chi connectivity index (χ0n) is 24.7. The van der Waals surface area contributed by atoms with Crippen LogP contribution >= 0.6 is 0 Å². The van der Waals surface area contributed by atoms with Crippen molar-refractivity contribution < 1.29 is 14.3 Å². The Morgan fingerprint density at radius 2 is 1.74 bits per heavy atom. The van der Waals surface area contributed by atoms with Gasteiger partial charge in [-0.1, -0.05) is 76.8 Å². The van der Waals surface area contributed by atoms with Gasteiger partial charge in [0.25, 0.3) is 0 Å². The molecule has 1 aliphatic heterocycles. The predicted molar refractivity (Wildman–Crippen MR) is 157 cm³/mol. The fourth-order valence-electron chi connectivity index (χ4n) is 3.63. The standard InChI is InChI=1S/C25H39N7O3.C4H10/c1-20(2)15-23(21(3)17-32(30-26-4)28-19-31-13-9-6-10-14-31)29-24(33)16-27-25(34)35-18-22-11-7-5-8-12-22;1-4(2)3/h5,7-8,11-12,19-20,23H,3,6,9-10,13-18H2,1-2,4H3,(H,27,34)(H,29,33);4H,1-3H3/b28-19+,30-26?;/t23-;/m0./s1. The molecule has 10 heteroatoms. The molecule has 1 heterocycles. The van der Waals surface area contributed by atoms with Crippen LogP contribution < -0.4 is 10.6 Å². The Bertz CT molecular complexity index is 895. The molecule has 2 amide bonds. The summed E-state index contributed by atoms with van der Waals surface area (Å²) >= 11 is 0. The van der Waals surface area contributed by atoms with E-state index in [1.165, 1.54) is 11.5 Å². The van der Waals surface area contributed by atoms with Crippen molar-refractivity contribution in [3.05, 3.63) is 48.0 Å². The van der Waals surface area contributed by atoms with Crippen molar-refractivity contribution in [2.45, 2.75) is 73.0 Å². The maximum Gasteiger partial charge on any atom is 0.407 e. The summed E-state index contributed by atoms with van der Waals surface area (Å²) < 4.78 is 5.15. The first-order valence-electron chi connectivity index (χ1n) is 13.9. The highest BCUT2D eigenvalue weighted by molar-refractivity contribution is 5.82. The van der Waals surface area contributed by atoms with Crippen LogP contribution in [0.15, 0.2) is 57.9 Å². The first-order chi connectivity index (χ1) is 18.6. The van der Waals surface area contributed by atoms with Crippen LogP contribution in [0.5, 0.6) is 0 Å². The number of carbonyl (C=O) groups excluding carboxylic acids is 2. The minimum absolute atomic E-state index is 0.140. The van der Waals surface area contributed by atoms with Crippen LogP contribution in [0.25, 0.3) is 0 Å². The lowest BCUT2D eigenvalue weighted by atomic mass is 9.97. The van der Waals surface area contributed by atoms with Gasteiger partial charge < -0.3 is 20.3 Å². The highest BCUT2D eigenvalue weighted by atomic mass is 16.5. The molecular weight excluding hydrogens is 494 g/mol. The highest BCUT2D eigenvalue weighted by Gasteiger charge is 2.20. The van der Waals surface area contributed by atoms with Gasteiger partial charge in [0.15, 0.2) is 0 Å². The number of ether oxygens (including phenoxy) is 1. The molecular formula is C29H49N7O3. The summed E-state index contributed by atoms with van der Waals surface area (Å²) in [6.45, 7) is 17.0. The Morgan fingerprint density at radius 3 is 2.33 bits per heavy atom. The monoisotopic (exact) mass is 543 g/mol. The Hall–Kier alpha value is -3.43. The lowest BCUT2D eigenvalue weighted by molar-refractivity contribution is -0.120. The van der Waals surface area contributed by atoms with Gasteiger partial charge in [0.2, 0.25) is 5.91 Å². The number of hydrogen-bond donors (Lipinski definition) is 2. The number of hydrazone groups is 1. The molecule has 0 radical (unpaired) electrons. The molecule has 1 aromatic rings.